The third-order valence-corrected chi connectivity index (χ3v) is 6.27. The number of carbonyl (C=O) groups excluding carboxylic acids is 2. The number of benzene rings is 2. The predicted molar refractivity (Wildman–Crippen MR) is 134 cm³/mol. The molecule has 1 unspecified atom stereocenters. The van der Waals surface area contributed by atoms with E-state index in [1.54, 1.807) is 38.3 Å². The van der Waals surface area contributed by atoms with Crippen molar-refractivity contribution in [2.24, 2.45) is 0 Å². The van der Waals surface area contributed by atoms with Gasteiger partial charge < -0.3 is 14.6 Å². The second-order valence-electron chi connectivity index (χ2n) is 9.06. The van der Waals surface area contributed by atoms with Crippen molar-refractivity contribution in [2.45, 2.75) is 39.1 Å². The molecule has 38 heavy (non-hydrogen) atoms. The number of hydrogen-bond donors (Lipinski definition) is 1. The van der Waals surface area contributed by atoms with Crippen LogP contribution in [0, 0.1) is 6.92 Å². The summed E-state index contributed by atoms with van der Waals surface area (Å²) in [4.78, 5) is 31.8. The fourth-order valence-corrected chi connectivity index (χ4v) is 4.49. The number of anilines is 1. The van der Waals surface area contributed by atoms with Crippen molar-refractivity contribution in [2.75, 3.05) is 12.0 Å². The number of methoxy groups -OCH3 is 1. The molecule has 2 aromatic carbocycles. The molecular formula is C28H25F3N2O5. The van der Waals surface area contributed by atoms with Gasteiger partial charge in [-0.3, -0.25) is 19.5 Å². The summed E-state index contributed by atoms with van der Waals surface area (Å²) in [5.74, 6) is -2.05. The Kier molecular flexibility index (Phi) is 7.17. The van der Waals surface area contributed by atoms with Crippen LogP contribution in [-0.2, 0) is 9.59 Å². The lowest BCUT2D eigenvalue weighted by molar-refractivity contribution is -0.274. The number of halogens is 3. The van der Waals surface area contributed by atoms with Crippen LogP contribution >= 0.6 is 0 Å². The molecule has 2 heterocycles. The SMILES string of the molecule is COc1cc(C)c(/C(O)=C2\C(=O)C(=O)N(c3ccc(OC(F)(F)F)cc3)C2c2ccncc2)cc1C(C)C. The maximum Gasteiger partial charge on any atom is 0.573 e. The Morgan fingerprint density at radius 1 is 1.05 bits per heavy atom. The first-order valence-corrected chi connectivity index (χ1v) is 11.7. The van der Waals surface area contributed by atoms with Crippen LogP contribution in [0.5, 0.6) is 11.5 Å². The zero-order valence-corrected chi connectivity index (χ0v) is 21.0. The van der Waals surface area contributed by atoms with Gasteiger partial charge in [0.1, 0.15) is 17.3 Å². The normalized spacial score (nSPS) is 17.3. The van der Waals surface area contributed by atoms with Crippen molar-refractivity contribution in [1.82, 2.24) is 4.98 Å². The Labute approximate surface area is 217 Å². The fourth-order valence-electron chi connectivity index (χ4n) is 4.49. The first kappa shape index (κ1) is 26.7. The van der Waals surface area contributed by atoms with Crippen molar-refractivity contribution >= 4 is 23.1 Å². The van der Waals surface area contributed by atoms with Gasteiger partial charge in [-0.25, -0.2) is 0 Å². The largest absolute Gasteiger partial charge is 0.573 e. The molecule has 1 N–H and O–H groups in total. The predicted octanol–water partition coefficient (Wildman–Crippen LogP) is 6.05. The van der Waals surface area contributed by atoms with Gasteiger partial charge in [0.15, 0.2) is 0 Å². The number of aromatic nitrogens is 1. The van der Waals surface area contributed by atoms with Gasteiger partial charge in [0, 0.05) is 23.6 Å². The molecule has 10 heteroatoms. The lowest BCUT2D eigenvalue weighted by Crippen LogP contribution is -2.29. The second kappa shape index (κ2) is 10.2. The van der Waals surface area contributed by atoms with Gasteiger partial charge in [0.05, 0.1) is 18.7 Å². The van der Waals surface area contributed by atoms with Gasteiger partial charge in [0.25, 0.3) is 11.7 Å². The number of alkyl halides is 3. The van der Waals surface area contributed by atoms with Crippen molar-refractivity contribution in [3.63, 3.8) is 0 Å². The molecule has 198 valence electrons. The minimum atomic E-state index is -4.88. The number of pyridine rings is 1. The number of rotatable bonds is 6. The van der Waals surface area contributed by atoms with E-state index in [0.717, 1.165) is 22.6 Å². The van der Waals surface area contributed by atoms with Crippen LogP contribution in [0.3, 0.4) is 0 Å². The number of carbonyl (C=O) groups is 2. The molecule has 1 aliphatic heterocycles. The van der Waals surface area contributed by atoms with E-state index in [0.29, 0.717) is 22.4 Å². The van der Waals surface area contributed by atoms with E-state index < -0.39 is 29.8 Å². The first-order valence-electron chi connectivity index (χ1n) is 11.7. The summed E-state index contributed by atoms with van der Waals surface area (Å²) in [5.41, 5.74) is 2.26. The molecule has 0 bridgehead atoms. The Bertz CT molecular complexity index is 1400. The van der Waals surface area contributed by atoms with Gasteiger partial charge in [-0.1, -0.05) is 13.8 Å². The molecule has 1 fully saturated rings. The molecule has 1 saturated heterocycles. The summed E-state index contributed by atoms with van der Waals surface area (Å²) < 4.78 is 47.3. The third kappa shape index (κ3) is 5.06. The van der Waals surface area contributed by atoms with Crippen LogP contribution in [0.1, 0.15) is 48.1 Å². The maximum absolute atomic E-state index is 13.4. The lowest BCUT2D eigenvalue weighted by Gasteiger charge is -2.26. The van der Waals surface area contributed by atoms with E-state index >= 15 is 0 Å². The highest BCUT2D eigenvalue weighted by atomic mass is 19.4. The summed E-state index contributed by atoms with van der Waals surface area (Å²) in [7, 11) is 1.54. The Morgan fingerprint density at radius 3 is 2.24 bits per heavy atom. The molecular weight excluding hydrogens is 501 g/mol. The summed E-state index contributed by atoms with van der Waals surface area (Å²) in [5, 5.41) is 11.5. The number of aliphatic hydroxyl groups is 1. The Morgan fingerprint density at radius 2 is 1.68 bits per heavy atom. The van der Waals surface area contributed by atoms with E-state index in [9.17, 15) is 27.9 Å². The Hall–Kier alpha value is -4.34. The van der Waals surface area contributed by atoms with Crippen LogP contribution in [0.15, 0.2) is 66.5 Å². The van der Waals surface area contributed by atoms with Crippen molar-refractivity contribution < 1.29 is 37.3 Å². The average molecular weight is 527 g/mol. The van der Waals surface area contributed by atoms with Gasteiger partial charge >= 0.3 is 6.36 Å². The van der Waals surface area contributed by atoms with Crippen LogP contribution < -0.4 is 14.4 Å². The van der Waals surface area contributed by atoms with E-state index in [2.05, 4.69) is 9.72 Å². The van der Waals surface area contributed by atoms with Crippen LogP contribution in [-0.4, -0.2) is 35.3 Å². The van der Waals surface area contributed by atoms with E-state index in [1.807, 2.05) is 13.8 Å². The van der Waals surface area contributed by atoms with E-state index in [1.165, 1.54) is 24.5 Å². The van der Waals surface area contributed by atoms with E-state index in [4.69, 9.17) is 4.74 Å². The molecule has 7 nitrogen and oxygen atoms in total. The van der Waals surface area contributed by atoms with Crippen LogP contribution in [0.2, 0.25) is 0 Å². The number of ether oxygens (including phenoxy) is 2. The first-order chi connectivity index (χ1) is 17.9. The standard InChI is InChI=1S/C28H25F3N2O5/c1-15(2)20-14-21(16(3)13-22(20)37-4)25(34)23-24(17-9-11-32-12-10-17)33(27(36)26(23)35)18-5-7-19(8-6-18)38-28(29,30)31/h5-15,24,34H,1-4H3/b25-23+. The summed E-state index contributed by atoms with van der Waals surface area (Å²) in [6.45, 7) is 5.66. The number of amides is 1. The van der Waals surface area contributed by atoms with Crippen LogP contribution in [0.25, 0.3) is 5.76 Å². The fraction of sp³-hybridized carbons (Fsp3) is 0.250. The number of nitrogens with zero attached hydrogens (tertiary/aromatic N) is 2. The minimum Gasteiger partial charge on any atom is -0.507 e. The topological polar surface area (TPSA) is 89.0 Å². The zero-order chi connectivity index (χ0) is 27.8. The summed E-state index contributed by atoms with van der Waals surface area (Å²) in [6.07, 6.45) is -1.93. The third-order valence-electron chi connectivity index (χ3n) is 6.27. The zero-order valence-electron chi connectivity index (χ0n) is 21.0. The minimum absolute atomic E-state index is 0.0351. The number of hydrogen-bond acceptors (Lipinski definition) is 6. The number of aliphatic hydroxyl groups excluding tert-OH is 1. The van der Waals surface area contributed by atoms with Gasteiger partial charge in [0.2, 0.25) is 0 Å². The quantitative estimate of drug-likeness (QED) is 0.239. The highest BCUT2D eigenvalue weighted by molar-refractivity contribution is 6.51. The van der Waals surface area contributed by atoms with Crippen molar-refractivity contribution in [3.8, 4) is 11.5 Å². The Balaban J connectivity index is 1.89. The number of aryl methyl sites for hydroxylation is 1. The van der Waals surface area contributed by atoms with Gasteiger partial charge in [-0.05, 0) is 78.1 Å². The molecule has 0 spiro atoms. The number of Topliss-reactive ketones (excluding diaryl/α,β-unsaturated/α-hetero) is 1. The lowest BCUT2D eigenvalue weighted by atomic mass is 9.91. The highest BCUT2D eigenvalue weighted by Crippen LogP contribution is 2.43. The molecule has 3 aromatic rings. The van der Waals surface area contributed by atoms with Crippen LogP contribution in [0.4, 0.5) is 18.9 Å². The maximum atomic E-state index is 13.4. The smallest absolute Gasteiger partial charge is 0.507 e. The van der Waals surface area contributed by atoms with Gasteiger partial charge in [-0.15, -0.1) is 13.2 Å². The van der Waals surface area contributed by atoms with Crippen molar-refractivity contribution in [1.29, 1.82) is 0 Å². The summed E-state index contributed by atoms with van der Waals surface area (Å²) >= 11 is 0. The highest BCUT2D eigenvalue weighted by Gasteiger charge is 2.47. The molecule has 0 saturated carbocycles. The molecule has 0 aliphatic carbocycles. The summed E-state index contributed by atoms with van der Waals surface area (Å²) in [6, 6.07) is 10.2. The average Bonchev–Trinajstić information content (AvgIpc) is 3.13. The molecule has 0 radical (unpaired) electrons. The van der Waals surface area contributed by atoms with E-state index in [-0.39, 0.29) is 22.9 Å². The molecule has 4 rings (SSSR count). The molecule has 1 atom stereocenters. The second-order valence-corrected chi connectivity index (χ2v) is 9.06. The van der Waals surface area contributed by atoms with Crippen molar-refractivity contribution in [3.05, 3.63) is 88.8 Å². The van der Waals surface area contributed by atoms with Gasteiger partial charge in [-0.2, -0.15) is 0 Å². The molecule has 1 aliphatic rings. The molecule has 1 amide bonds. The molecule has 1 aromatic heterocycles. The monoisotopic (exact) mass is 526 g/mol. The number of ketones is 1.